The summed E-state index contributed by atoms with van der Waals surface area (Å²) in [6.45, 7) is 12.0. The van der Waals surface area contributed by atoms with Crippen LogP contribution in [0.1, 0.15) is 41.5 Å². The number of nitrogens with zero attached hydrogens (tertiary/aromatic N) is 1. The first-order valence-electron chi connectivity index (χ1n) is 5.30. The second-order valence-electron chi connectivity index (χ2n) is 1.54. The van der Waals surface area contributed by atoms with E-state index in [-0.39, 0.29) is 0 Å². The zero-order valence-corrected chi connectivity index (χ0v) is 10.3. The molecule has 1 aromatic rings. The molecule has 1 nitrogen and oxygen atoms in total. The fourth-order valence-electron chi connectivity index (χ4n) is 0.485. The Bertz CT molecular complexity index is 135. The van der Waals surface area contributed by atoms with E-state index in [9.17, 15) is 0 Å². The van der Waals surface area contributed by atoms with Gasteiger partial charge in [-0.2, -0.15) is 0 Å². The first kappa shape index (κ1) is 18.0. The van der Waals surface area contributed by atoms with Crippen molar-refractivity contribution in [1.29, 1.82) is 0 Å². The van der Waals surface area contributed by atoms with Crippen molar-refractivity contribution in [3.63, 3.8) is 0 Å². The molecule has 0 aliphatic carbocycles. The molecule has 0 aliphatic heterocycles. The lowest BCUT2D eigenvalue weighted by atomic mass is 10.5. The maximum Gasteiger partial charge on any atom is 0.168 e. The van der Waals surface area contributed by atoms with Gasteiger partial charge in [-0.25, -0.2) is 4.57 Å². The van der Waals surface area contributed by atoms with E-state index in [0.717, 1.165) is 0 Å². The molecule has 1 heterocycles. The van der Waals surface area contributed by atoms with Crippen LogP contribution in [-0.2, 0) is 7.05 Å². The fourth-order valence-corrected chi connectivity index (χ4v) is 0.485. The van der Waals surface area contributed by atoms with E-state index < -0.39 is 0 Å². The molecule has 0 N–H and O–H groups in total. The molecule has 0 unspecified atom stereocenters. The van der Waals surface area contributed by atoms with E-state index in [1.54, 1.807) is 0 Å². The molecule has 0 bridgehead atoms. The van der Waals surface area contributed by atoms with Gasteiger partial charge in [0.15, 0.2) is 12.4 Å². The summed E-state index contributed by atoms with van der Waals surface area (Å²) in [6.07, 6.45) is 4.00. The summed E-state index contributed by atoms with van der Waals surface area (Å²) in [5.74, 6) is 0. The van der Waals surface area contributed by atoms with Crippen LogP contribution in [0.4, 0.5) is 0 Å². The van der Waals surface area contributed by atoms with E-state index in [4.69, 9.17) is 0 Å². The van der Waals surface area contributed by atoms with Gasteiger partial charge in [0, 0.05) is 12.1 Å². The Morgan fingerprint density at radius 2 is 0.923 bits per heavy atom. The predicted octanol–water partition coefficient (Wildman–Crippen LogP) is 3.59. The van der Waals surface area contributed by atoms with Crippen LogP contribution in [0.3, 0.4) is 0 Å². The highest BCUT2D eigenvalue weighted by Crippen LogP contribution is 1.71. The SMILES string of the molecule is CC.CC.CC.C[n+]1ccccc1. The van der Waals surface area contributed by atoms with Crippen molar-refractivity contribution >= 4 is 0 Å². The molecule has 1 rings (SSSR count). The lowest BCUT2D eigenvalue weighted by molar-refractivity contribution is -0.671. The van der Waals surface area contributed by atoms with Crippen molar-refractivity contribution in [2.75, 3.05) is 0 Å². The molecule has 78 valence electrons. The first-order chi connectivity index (χ1) is 6.39. The number of pyridine rings is 1. The summed E-state index contributed by atoms with van der Waals surface area (Å²) in [5.41, 5.74) is 0. The number of aromatic nitrogens is 1. The van der Waals surface area contributed by atoms with Gasteiger partial charge in [0.1, 0.15) is 7.05 Å². The van der Waals surface area contributed by atoms with E-state index >= 15 is 0 Å². The van der Waals surface area contributed by atoms with E-state index in [1.807, 2.05) is 83.7 Å². The standard InChI is InChI=1S/C6H8N.3C2H6/c1-7-5-3-2-4-6-7;3*1-2/h2-6H,1H3;3*1-2H3/q+1;;;. The van der Waals surface area contributed by atoms with Gasteiger partial charge in [0.25, 0.3) is 0 Å². The first-order valence-corrected chi connectivity index (χ1v) is 5.30. The molecule has 0 spiro atoms. The van der Waals surface area contributed by atoms with Crippen LogP contribution in [0.2, 0.25) is 0 Å². The van der Waals surface area contributed by atoms with Crippen LogP contribution in [0, 0.1) is 0 Å². The smallest absolute Gasteiger partial charge is 0.168 e. The van der Waals surface area contributed by atoms with Crippen LogP contribution in [0.5, 0.6) is 0 Å². The summed E-state index contributed by atoms with van der Waals surface area (Å²) in [6, 6.07) is 6.00. The second kappa shape index (κ2) is 22.5. The Morgan fingerprint density at radius 1 is 0.615 bits per heavy atom. The number of aryl methyl sites for hydroxylation is 1. The summed E-state index contributed by atoms with van der Waals surface area (Å²) in [4.78, 5) is 0. The highest BCUT2D eigenvalue weighted by molar-refractivity contribution is 4.83. The number of hydrogen-bond donors (Lipinski definition) is 0. The largest absolute Gasteiger partial charge is 0.208 e. The van der Waals surface area contributed by atoms with Gasteiger partial charge < -0.3 is 0 Å². The Kier molecular flexibility index (Phi) is 31.2. The third-order valence-electron chi connectivity index (χ3n) is 0.865. The molecule has 0 amide bonds. The summed E-state index contributed by atoms with van der Waals surface area (Å²) in [5, 5.41) is 0. The van der Waals surface area contributed by atoms with E-state index in [1.165, 1.54) is 0 Å². The van der Waals surface area contributed by atoms with E-state index in [2.05, 4.69) is 0 Å². The highest BCUT2D eigenvalue weighted by atomic mass is 14.9. The Labute approximate surface area is 84.4 Å². The molecule has 0 aromatic carbocycles. The average Bonchev–Trinajstić information content (AvgIpc) is 2.28. The average molecular weight is 184 g/mol. The van der Waals surface area contributed by atoms with E-state index in [0.29, 0.717) is 0 Å². The Hall–Kier alpha value is -0.850. The third-order valence-corrected chi connectivity index (χ3v) is 0.865. The van der Waals surface area contributed by atoms with Crippen molar-refractivity contribution in [2.24, 2.45) is 7.05 Å². The third kappa shape index (κ3) is 18.3. The molecule has 1 heteroatoms. The van der Waals surface area contributed by atoms with Crippen LogP contribution in [0.25, 0.3) is 0 Å². The minimum atomic E-state index is 2.00. The van der Waals surface area contributed by atoms with Gasteiger partial charge in [0.2, 0.25) is 0 Å². The Balaban J connectivity index is -0.000000144. The number of rotatable bonds is 0. The maximum absolute atomic E-state index is 2.00. The molecule has 0 fully saturated rings. The molecule has 0 saturated carbocycles. The van der Waals surface area contributed by atoms with Crippen LogP contribution in [0.15, 0.2) is 30.6 Å². The van der Waals surface area contributed by atoms with Gasteiger partial charge in [-0.05, 0) is 0 Å². The van der Waals surface area contributed by atoms with Crippen LogP contribution in [-0.4, -0.2) is 0 Å². The predicted molar refractivity (Wildman–Crippen MR) is 61.7 cm³/mol. The monoisotopic (exact) mass is 184 g/mol. The highest BCUT2D eigenvalue weighted by Gasteiger charge is 1.78. The van der Waals surface area contributed by atoms with Gasteiger partial charge in [0.05, 0.1) is 0 Å². The zero-order valence-electron chi connectivity index (χ0n) is 10.3. The molecule has 1 aromatic heterocycles. The van der Waals surface area contributed by atoms with Crippen molar-refractivity contribution in [1.82, 2.24) is 0 Å². The summed E-state index contributed by atoms with van der Waals surface area (Å²) in [7, 11) is 2.00. The van der Waals surface area contributed by atoms with Crippen molar-refractivity contribution < 1.29 is 4.57 Å². The quantitative estimate of drug-likeness (QED) is 0.543. The van der Waals surface area contributed by atoms with Crippen molar-refractivity contribution in [3.8, 4) is 0 Å². The van der Waals surface area contributed by atoms with Gasteiger partial charge >= 0.3 is 0 Å². The molecule has 0 radical (unpaired) electrons. The van der Waals surface area contributed by atoms with Gasteiger partial charge in [-0.1, -0.05) is 47.6 Å². The topological polar surface area (TPSA) is 3.88 Å². The molecule has 0 aliphatic rings. The van der Waals surface area contributed by atoms with Crippen molar-refractivity contribution in [2.45, 2.75) is 41.5 Å². The number of hydrogen-bond acceptors (Lipinski definition) is 0. The Morgan fingerprint density at radius 3 is 1.08 bits per heavy atom. The molecular weight excluding hydrogens is 158 g/mol. The normalized spacial score (nSPS) is 6.08. The molecule has 13 heavy (non-hydrogen) atoms. The zero-order chi connectivity index (χ0) is 11.1. The summed E-state index contributed by atoms with van der Waals surface area (Å²) >= 11 is 0. The van der Waals surface area contributed by atoms with Crippen LogP contribution >= 0.6 is 0 Å². The fraction of sp³-hybridized carbons (Fsp3) is 0.583. The van der Waals surface area contributed by atoms with Crippen LogP contribution < -0.4 is 4.57 Å². The van der Waals surface area contributed by atoms with Gasteiger partial charge in [-0.15, -0.1) is 0 Å². The van der Waals surface area contributed by atoms with Crippen molar-refractivity contribution in [3.05, 3.63) is 30.6 Å². The maximum atomic E-state index is 2.00. The molecule has 0 saturated heterocycles. The minimum Gasteiger partial charge on any atom is -0.208 e. The second-order valence-corrected chi connectivity index (χ2v) is 1.54. The summed E-state index contributed by atoms with van der Waals surface area (Å²) < 4.78 is 2.00. The molecule has 0 atom stereocenters. The molecular formula is C12H26N+. The lowest BCUT2D eigenvalue weighted by Gasteiger charge is -1.77. The lowest BCUT2D eigenvalue weighted by Crippen LogP contribution is -2.25. The van der Waals surface area contributed by atoms with Gasteiger partial charge in [-0.3, -0.25) is 0 Å². The minimum absolute atomic E-state index is 2.00.